The average Bonchev–Trinajstić information content (AvgIpc) is 3.22. The van der Waals surface area contributed by atoms with Crippen LogP contribution in [-0.2, 0) is 0 Å². The number of fused-ring (bicyclic) bond motifs is 3. The van der Waals surface area contributed by atoms with Crippen LogP contribution in [0.1, 0.15) is 29.2 Å². The maximum absolute atomic E-state index is 8.04. The number of allylic oxidation sites excluding steroid dienone is 6. The molecule has 3 N–H and O–H groups in total. The Bertz CT molecular complexity index is 1560. The van der Waals surface area contributed by atoms with Crippen LogP contribution >= 0.6 is 0 Å². The second-order valence-electron chi connectivity index (χ2n) is 8.08. The van der Waals surface area contributed by atoms with Gasteiger partial charge in [-0.2, -0.15) is 0 Å². The minimum atomic E-state index is 0.756. The molecule has 0 aliphatic carbocycles. The third-order valence-electron chi connectivity index (χ3n) is 6.18. The second-order valence-corrected chi connectivity index (χ2v) is 8.08. The zero-order chi connectivity index (χ0) is 24.9. The quantitative estimate of drug-likeness (QED) is 0.204. The van der Waals surface area contributed by atoms with Gasteiger partial charge in [-0.1, -0.05) is 86.5 Å². The molecule has 0 saturated carbocycles. The molecule has 0 aliphatic rings. The van der Waals surface area contributed by atoms with Crippen molar-refractivity contribution in [2.24, 2.45) is 5.73 Å². The van der Waals surface area contributed by atoms with Crippen molar-refractivity contribution in [1.29, 1.82) is 5.41 Å². The maximum Gasteiger partial charge on any atom is 0.0553 e. The molecule has 0 fully saturated rings. The maximum atomic E-state index is 8.04. The third-order valence-corrected chi connectivity index (χ3v) is 6.18. The van der Waals surface area contributed by atoms with Gasteiger partial charge in [-0.05, 0) is 64.6 Å². The van der Waals surface area contributed by atoms with E-state index in [0.29, 0.717) is 0 Å². The van der Waals surface area contributed by atoms with E-state index in [1.54, 1.807) is 12.3 Å². The molecule has 1 heterocycles. The molecule has 172 valence electrons. The van der Waals surface area contributed by atoms with Crippen molar-refractivity contribution < 1.29 is 0 Å². The highest BCUT2D eigenvalue weighted by atomic mass is 15.0. The van der Waals surface area contributed by atoms with Gasteiger partial charge in [0.05, 0.1) is 11.0 Å². The molecule has 1 aromatic heterocycles. The van der Waals surface area contributed by atoms with Crippen LogP contribution in [0.15, 0.2) is 105 Å². The molecule has 3 nitrogen and oxygen atoms in total. The van der Waals surface area contributed by atoms with E-state index in [2.05, 4.69) is 60.7 Å². The molecule has 0 amide bonds. The Morgan fingerprint density at radius 3 is 2.26 bits per heavy atom. The minimum Gasteiger partial charge on any atom is -0.404 e. The molecular formula is C32H29N3. The number of hydrogen-bond donors (Lipinski definition) is 2. The lowest BCUT2D eigenvalue weighted by atomic mass is 9.91. The Morgan fingerprint density at radius 2 is 1.66 bits per heavy atom. The van der Waals surface area contributed by atoms with Crippen LogP contribution in [0.5, 0.6) is 0 Å². The Labute approximate surface area is 206 Å². The fourth-order valence-electron chi connectivity index (χ4n) is 4.70. The summed E-state index contributed by atoms with van der Waals surface area (Å²) < 4.78 is 2.26. The zero-order valence-electron chi connectivity index (χ0n) is 20.0. The number of nitrogens with two attached hydrogens (primary N) is 1. The van der Waals surface area contributed by atoms with Crippen molar-refractivity contribution in [3.8, 4) is 5.69 Å². The van der Waals surface area contributed by atoms with Gasteiger partial charge in [0.1, 0.15) is 0 Å². The Kier molecular flexibility index (Phi) is 6.79. The number of hydrogen-bond acceptors (Lipinski definition) is 2. The number of aromatic nitrogens is 1. The molecule has 0 atom stereocenters. The summed E-state index contributed by atoms with van der Waals surface area (Å²) in [5.74, 6) is 0. The SMILES string of the molecule is C=C/C=C(\C=N)c1cc2c(c(C=C)c1C=C)c1ccc(C(/C=C\C)=C/N)cc1n2-c1ccccc1. The van der Waals surface area contributed by atoms with E-state index in [0.717, 1.165) is 60.9 Å². The van der Waals surface area contributed by atoms with Crippen LogP contribution < -0.4 is 5.73 Å². The summed E-state index contributed by atoms with van der Waals surface area (Å²) in [7, 11) is 0. The van der Waals surface area contributed by atoms with Crippen molar-refractivity contribution in [2.45, 2.75) is 6.92 Å². The van der Waals surface area contributed by atoms with E-state index < -0.39 is 0 Å². The highest BCUT2D eigenvalue weighted by Crippen LogP contribution is 2.40. The van der Waals surface area contributed by atoms with Gasteiger partial charge in [-0.15, -0.1) is 0 Å². The molecule has 4 aromatic rings. The van der Waals surface area contributed by atoms with Gasteiger partial charge in [0.15, 0.2) is 0 Å². The molecule has 4 rings (SSSR count). The first kappa shape index (κ1) is 23.5. The zero-order valence-corrected chi connectivity index (χ0v) is 20.0. The monoisotopic (exact) mass is 455 g/mol. The Morgan fingerprint density at radius 1 is 0.914 bits per heavy atom. The first-order valence-electron chi connectivity index (χ1n) is 11.5. The summed E-state index contributed by atoms with van der Waals surface area (Å²) in [5, 5.41) is 10.2. The molecule has 3 heteroatoms. The molecule has 0 saturated heterocycles. The van der Waals surface area contributed by atoms with Crippen molar-refractivity contribution >= 4 is 51.3 Å². The van der Waals surface area contributed by atoms with Crippen molar-refractivity contribution in [3.63, 3.8) is 0 Å². The number of para-hydroxylation sites is 1. The fourth-order valence-corrected chi connectivity index (χ4v) is 4.70. The van der Waals surface area contributed by atoms with Crippen molar-refractivity contribution in [3.05, 3.63) is 127 Å². The number of nitrogens with zero attached hydrogens (tertiary/aromatic N) is 1. The van der Waals surface area contributed by atoms with E-state index in [9.17, 15) is 0 Å². The highest BCUT2D eigenvalue weighted by Gasteiger charge is 2.20. The summed E-state index contributed by atoms with van der Waals surface area (Å²) in [6.07, 6.45) is 14.2. The molecular weight excluding hydrogens is 426 g/mol. The first-order valence-corrected chi connectivity index (χ1v) is 11.5. The van der Waals surface area contributed by atoms with Gasteiger partial charge >= 0.3 is 0 Å². The number of rotatable bonds is 8. The normalized spacial score (nSPS) is 12.4. The molecule has 35 heavy (non-hydrogen) atoms. The van der Waals surface area contributed by atoms with E-state index in [1.165, 1.54) is 6.21 Å². The van der Waals surface area contributed by atoms with Crippen molar-refractivity contribution in [1.82, 2.24) is 4.57 Å². The minimum absolute atomic E-state index is 0.756. The van der Waals surface area contributed by atoms with Gasteiger partial charge in [0.25, 0.3) is 0 Å². The summed E-state index contributed by atoms with van der Waals surface area (Å²) in [4.78, 5) is 0. The second kappa shape index (κ2) is 10.1. The largest absolute Gasteiger partial charge is 0.404 e. The smallest absolute Gasteiger partial charge is 0.0553 e. The van der Waals surface area contributed by atoms with Crippen LogP contribution in [0.2, 0.25) is 0 Å². The van der Waals surface area contributed by atoms with Gasteiger partial charge in [0, 0.05) is 28.9 Å². The Balaban J connectivity index is 2.26. The standard InChI is InChI=1S/C32H29N3/c1-5-12-23(20-33)22-16-17-28-30(18-22)35(25-14-10-9-11-15-25)31-19-29(24(21-34)13-6-2)26(7-3)27(8-4)32(28)31/h5-21,34H,2-4,33H2,1H3/b12-5-,23-20+,24-13+,34-21?. The van der Waals surface area contributed by atoms with Gasteiger partial charge in [0.2, 0.25) is 0 Å². The predicted octanol–water partition coefficient (Wildman–Crippen LogP) is 8.16. The lowest BCUT2D eigenvalue weighted by Gasteiger charge is -2.14. The molecule has 0 radical (unpaired) electrons. The van der Waals surface area contributed by atoms with E-state index in [4.69, 9.17) is 11.1 Å². The van der Waals surface area contributed by atoms with Crippen LogP contribution in [0.25, 0.3) is 50.8 Å². The first-order chi connectivity index (χ1) is 17.1. The highest BCUT2D eigenvalue weighted by molar-refractivity contribution is 6.18. The summed E-state index contributed by atoms with van der Waals surface area (Å²) in [6, 6.07) is 18.9. The Hall–Kier alpha value is -4.63. The third kappa shape index (κ3) is 3.98. The van der Waals surface area contributed by atoms with Crippen molar-refractivity contribution in [2.75, 3.05) is 0 Å². The van der Waals surface area contributed by atoms with Crippen LogP contribution in [0.4, 0.5) is 0 Å². The average molecular weight is 456 g/mol. The summed E-state index contributed by atoms with van der Waals surface area (Å²) >= 11 is 0. The van der Waals surface area contributed by atoms with Gasteiger partial charge in [-0.3, -0.25) is 0 Å². The van der Waals surface area contributed by atoms with Gasteiger partial charge in [-0.25, -0.2) is 0 Å². The molecule has 0 aliphatic heterocycles. The van der Waals surface area contributed by atoms with Crippen LogP contribution in [-0.4, -0.2) is 10.8 Å². The number of nitrogens with one attached hydrogen (secondary N) is 1. The lowest BCUT2D eigenvalue weighted by molar-refractivity contribution is 1.18. The topological polar surface area (TPSA) is 54.8 Å². The molecule has 0 unspecified atom stereocenters. The van der Waals surface area contributed by atoms with E-state index in [-0.39, 0.29) is 0 Å². The molecule has 3 aromatic carbocycles. The summed E-state index contributed by atoms with van der Waals surface area (Å²) in [6.45, 7) is 14.0. The number of benzene rings is 3. The summed E-state index contributed by atoms with van der Waals surface area (Å²) in [5.41, 5.74) is 14.7. The van der Waals surface area contributed by atoms with E-state index in [1.807, 2.05) is 55.5 Å². The fraction of sp³-hybridized carbons (Fsp3) is 0.0312. The van der Waals surface area contributed by atoms with E-state index >= 15 is 0 Å². The predicted molar refractivity (Wildman–Crippen MR) is 155 cm³/mol. The van der Waals surface area contributed by atoms with Crippen LogP contribution in [0.3, 0.4) is 0 Å². The van der Waals surface area contributed by atoms with Gasteiger partial charge < -0.3 is 15.7 Å². The lowest BCUT2D eigenvalue weighted by Crippen LogP contribution is -1.98. The van der Waals surface area contributed by atoms with Crippen LogP contribution in [0, 0.1) is 5.41 Å². The molecule has 0 bridgehead atoms. The molecule has 0 spiro atoms.